The SMILES string of the molecule is CC1(C)C2CCCC3(C2)CC31. The monoisotopic (exact) mass is 150 g/mol. The summed E-state index contributed by atoms with van der Waals surface area (Å²) in [5, 5.41) is 0. The number of hydrogen-bond acceptors (Lipinski definition) is 0. The van der Waals surface area contributed by atoms with Gasteiger partial charge in [0, 0.05) is 0 Å². The summed E-state index contributed by atoms with van der Waals surface area (Å²) in [6, 6.07) is 0. The highest BCUT2D eigenvalue weighted by Crippen LogP contribution is 2.77. The standard InChI is InChI=1S/C11H18/c1-10(2)8-4-3-5-11(6-8)7-9(10)11/h8-9H,3-7H2,1-2H3. The van der Waals surface area contributed by atoms with Gasteiger partial charge in [0.2, 0.25) is 0 Å². The van der Waals surface area contributed by atoms with E-state index in [0.717, 1.165) is 22.7 Å². The fraction of sp³-hybridized carbons (Fsp3) is 1.00. The van der Waals surface area contributed by atoms with Crippen molar-refractivity contribution in [1.29, 1.82) is 0 Å². The third-order valence-electron chi connectivity index (χ3n) is 5.02. The molecule has 0 nitrogen and oxygen atoms in total. The molecule has 0 heterocycles. The second-order valence-corrected chi connectivity index (χ2v) is 5.73. The first-order valence-electron chi connectivity index (χ1n) is 5.15. The Morgan fingerprint density at radius 2 is 2.00 bits per heavy atom. The van der Waals surface area contributed by atoms with E-state index in [1.807, 2.05) is 0 Å². The summed E-state index contributed by atoms with van der Waals surface area (Å²) in [6.45, 7) is 5.03. The molecule has 3 saturated carbocycles. The minimum atomic E-state index is 0.719. The molecule has 3 atom stereocenters. The molecule has 3 aliphatic carbocycles. The largest absolute Gasteiger partial charge is 0.0594 e. The van der Waals surface area contributed by atoms with Gasteiger partial charge in [-0.3, -0.25) is 0 Å². The number of fused-ring (bicyclic) bond motifs is 1. The van der Waals surface area contributed by atoms with E-state index in [0.29, 0.717) is 0 Å². The minimum Gasteiger partial charge on any atom is -0.0594 e. The van der Waals surface area contributed by atoms with Crippen molar-refractivity contribution in [2.75, 3.05) is 0 Å². The average Bonchev–Trinajstić information content (AvgIpc) is 2.61. The van der Waals surface area contributed by atoms with Crippen molar-refractivity contribution in [2.45, 2.75) is 46.0 Å². The first-order valence-corrected chi connectivity index (χ1v) is 5.15. The van der Waals surface area contributed by atoms with Gasteiger partial charge < -0.3 is 0 Å². The Hall–Kier alpha value is 0. The quantitative estimate of drug-likeness (QED) is 0.497. The average molecular weight is 150 g/mol. The van der Waals surface area contributed by atoms with Crippen LogP contribution in [0.15, 0.2) is 0 Å². The minimum absolute atomic E-state index is 0.719. The van der Waals surface area contributed by atoms with Gasteiger partial charge in [0.05, 0.1) is 0 Å². The lowest BCUT2D eigenvalue weighted by Gasteiger charge is -2.31. The topological polar surface area (TPSA) is 0 Å². The van der Waals surface area contributed by atoms with Crippen LogP contribution in [0, 0.1) is 22.7 Å². The van der Waals surface area contributed by atoms with Crippen LogP contribution in [0.25, 0.3) is 0 Å². The normalized spacial score (nSPS) is 57.3. The van der Waals surface area contributed by atoms with Crippen molar-refractivity contribution in [1.82, 2.24) is 0 Å². The van der Waals surface area contributed by atoms with E-state index in [1.165, 1.54) is 12.8 Å². The predicted molar refractivity (Wildman–Crippen MR) is 46.3 cm³/mol. The van der Waals surface area contributed by atoms with Gasteiger partial charge in [0.15, 0.2) is 0 Å². The third kappa shape index (κ3) is 0.588. The maximum atomic E-state index is 2.52. The lowest BCUT2D eigenvalue weighted by Crippen LogP contribution is -2.22. The van der Waals surface area contributed by atoms with E-state index in [2.05, 4.69) is 13.8 Å². The van der Waals surface area contributed by atoms with Gasteiger partial charge in [-0.2, -0.15) is 0 Å². The summed E-state index contributed by atoms with van der Waals surface area (Å²) in [5.41, 5.74) is 1.61. The summed E-state index contributed by atoms with van der Waals surface area (Å²) >= 11 is 0. The van der Waals surface area contributed by atoms with Crippen LogP contribution in [0.5, 0.6) is 0 Å². The van der Waals surface area contributed by atoms with Crippen LogP contribution in [0.4, 0.5) is 0 Å². The fourth-order valence-electron chi connectivity index (χ4n) is 4.22. The molecule has 0 radical (unpaired) electrons. The summed E-state index contributed by atoms with van der Waals surface area (Å²) < 4.78 is 0. The maximum absolute atomic E-state index is 2.52. The van der Waals surface area contributed by atoms with Crippen molar-refractivity contribution in [3.05, 3.63) is 0 Å². The van der Waals surface area contributed by atoms with Gasteiger partial charge in [-0.1, -0.05) is 20.3 Å². The lowest BCUT2D eigenvalue weighted by atomic mass is 9.74. The summed E-state index contributed by atoms with van der Waals surface area (Å²) in [6.07, 6.45) is 7.80. The van der Waals surface area contributed by atoms with E-state index >= 15 is 0 Å². The molecule has 3 unspecified atom stereocenters. The molecule has 0 aromatic carbocycles. The molecule has 3 aliphatic rings. The fourth-order valence-corrected chi connectivity index (χ4v) is 4.22. The Bertz CT molecular complexity index is 198. The van der Waals surface area contributed by atoms with Crippen molar-refractivity contribution in [2.24, 2.45) is 22.7 Å². The van der Waals surface area contributed by atoms with Crippen LogP contribution in [0.3, 0.4) is 0 Å². The van der Waals surface area contributed by atoms with Crippen molar-refractivity contribution >= 4 is 0 Å². The van der Waals surface area contributed by atoms with E-state index < -0.39 is 0 Å². The zero-order chi connectivity index (χ0) is 7.69. The molecule has 62 valence electrons. The smallest absolute Gasteiger partial charge is 0.0258 e. The first kappa shape index (κ1) is 6.51. The van der Waals surface area contributed by atoms with Gasteiger partial charge in [0.1, 0.15) is 0 Å². The van der Waals surface area contributed by atoms with Crippen molar-refractivity contribution in [3.63, 3.8) is 0 Å². The van der Waals surface area contributed by atoms with Crippen LogP contribution in [-0.2, 0) is 0 Å². The summed E-state index contributed by atoms with van der Waals surface area (Å²) in [5.74, 6) is 2.22. The Labute approximate surface area is 69.4 Å². The lowest BCUT2D eigenvalue weighted by molar-refractivity contribution is 0.185. The van der Waals surface area contributed by atoms with Crippen LogP contribution < -0.4 is 0 Å². The first-order chi connectivity index (χ1) is 5.15. The zero-order valence-corrected chi connectivity index (χ0v) is 7.69. The Morgan fingerprint density at radius 3 is 2.64 bits per heavy atom. The van der Waals surface area contributed by atoms with Gasteiger partial charge in [-0.15, -0.1) is 0 Å². The second kappa shape index (κ2) is 1.53. The molecule has 1 spiro atoms. The summed E-state index contributed by atoms with van der Waals surface area (Å²) in [7, 11) is 0. The molecule has 0 amide bonds. The van der Waals surface area contributed by atoms with Gasteiger partial charge in [-0.05, 0) is 48.3 Å². The Kier molecular flexibility index (Phi) is 0.906. The van der Waals surface area contributed by atoms with Crippen LogP contribution in [0.2, 0.25) is 0 Å². The third-order valence-corrected chi connectivity index (χ3v) is 5.02. The molecule has 3 fully saturated rings. The van der Waals surface area contributed by atoms with E-state index in [-0.39, 0.29) is 0 Å². The number of rotatable bonds is 0. The van der Waals surface area contributed by atoms with E-state index in [9.17, 15) is 0 Å². The molecule has 3 rings (SSSR count). The Morgan fingerprint density at radius 1 is 1.18 bits per heavy atom. The molecule has 2 bridgehead atoms. The molecule has 0 aliphatic heterocycles. The van der Waals surface area contributed by atoms with Crippen molar-refractivity contribution in [3.8, 4) is 0 Å². The zero-order valence-electron chi connectivity index (χ0n) is 7.69. The van der Waals surface area contributed by atoms with E-state index in [4.69, 9.17) is 0 Å². The molecule has 11 heavy (non-hydrogen) atoms. The molecule has 0 saturated heterocycles. The molecular weight excluding hydrogens is 132 g/mol. The van der Waals surface area contributed by atoms with Gasteiger partial charge in [0.25, 0.3) is 0 Å². The molecule has 0 heteroatoms. The number of hydrogen-bond donors (Lipinski definition) is 0. The molecular formula is C11H18. The van der Waals surface area contributed by atoms with Crippen LogP contribution in [-0.4, -0.2) is 0 Å². The van der Waals surface area contributed by atoms with Crippen molar-refractivity contribution < 1.29 is 0 Å². The highest BCUT2D eigenvalue weighted by Gasteiger charge is 2.68. The molecule has 0 aromatic rings. The highest BCUT2D eigenvalue weighted by atomic mass is 14.7. The van der Waals surface area contributed by atoms with Gasteiger partial charge in [-0.25, -0.2) is 0 Å². The van der Waals surface area contributed by atoms with E-state index in [1.54, 1.807) is 19.3 Å². The highest BCUT2D eigenvalue weighted by molar-refractivity contribution is 5.18. The Balaban J connectivity index is 2.01. The van der Waals surface area contributed by atoms with Gasteiger partial charge >= 0.3 is 0 Å². The summed E-state index contributed by atoms with van der Waals surface area (Å²) in [4.78, 5) is 0. The molecule has 0 N–H and O–H groups in total. The van der Waals surface area contributed by atoms with Crippen LogP contribution >= 0.6 is 0 Å². The second-order valence-electron chi connectivity index (χ2n) is 5.73. The maximum Gasteiger partial charge on any atom is -0.0258 e. The van der Waals surface area contributed by atoms with Crippen LogP contribution in [0.1, 0.15) is 46.0 Å². The molecule has 0 aromatic heterocycles. The predicted octanol–water partition coefficient (Wildman–Crippen LogP) is 3.22.